The summed E-state index contributed by atoms with van der Waals surface area (Å²) in [6.07, 6.45) is 1.50. The van der Waals surface area contributed by atoms with Crippen molar-refractivity contribution >= 4 is 11.6 Å². The smallest absolute Gasteiger partial charge is 0.314 e. The van der Waals surface area contributed by atoms with Crippen molar-refractivity contribution in [2.24, 2.45) is 0 Å². The molecule has 2 aliphatic heterocycles. The molecular formula is C15H13FN4O2. The maximum atomic E-state index is 14.1. The molecule has 1 amide bonds. The van der Waals surface area contributed by atoms with Gasteiger partial charge >= 0.3 is 6.01 Å². The van der Waals surface area contributed by atoms with Crippen LogP contribution in [0.1, 0.15) is 11.3 Å². The molecule has 0 saturated carbocycles. The monoisotopic (exact) mass is 300 g/mol. The number of para-hydroxylation sites is 1. The van der Waals surface area contributed by atoms with E-state index in [9.17, 15) is 14.3 Å². The van der Waals surface area contributed by atoms with E-state index in [1.54, 1.807) is 18.2 Å². The molecule has 2 aliphatic rings. The van der Waals surface area contributed by atoms with Gasteiger partial charge in [0, 0.05) is 24.8 Å². The first-order valence-electron chi connectivity index (χ1n) is 6.94. The highest BCUT2D eigenvalue weighted by Crippen LogP contribution is 2.39. The van der Waals surface area contributed by atoms with Crippen LogP contribution in [0, 0.1) is 5.82 Å². The first-order valence-corrected chi connectivity index (χ1v) is 6.94. The molecule has 6 nitrogen and oxygen atoms in total. The molecule has 1 fully saturated rings. The zero-order valence-corrected chi connectivity index (χ0v) is 11.6. The second-order valence-corrected chi connectivity index (χ2v) is 5.57. The molecular weight excluding hydrogens is 287 g/mol. The molecule has 1 aromatic heterocycles. The third kappa shape index (κ3) is 1.66. The molecule has 1 saturated heterocycles. The normalized spacial score (nSPS) is 19.0. The summed E-state index contributed by atoms with van der Waals surface area (Å²) in [6.45, 7) is 1.03. The summed E-state index contributed by atoms with van der Waals surface area (Å²) < 4.78 is 14.1. The Bertz CT molecular complexity index is 776. The van der Waals surface area contributed by atoms with Crippen molar-refractivity contribution in [3.05, 3.63) is 47.5 Å². The Morgan fingerprint density at radius 3 is 2.77 bits per heavy atom. The molecule has 7 heteroatoms. The quantitative estimate of drug-likeness (QED) is 0.811. The number of amides is 1. The van der Waals surface area contributed by atoms with E-state index in [0.717, 1.165) is 5.56 Å². The Morgan fingerprint density at radius 2 is 2.09 bits per heavy atom. The zero-order valence-electron chi connectivity index (χ0n) is 11.6. The topological polar surface area (TPSA) is 78.4 Å². The molecule has 0 unspecified atom stereocenters. The Morgan fingerprint density at radius 1 is 1.32 bits per heavy atom. The van der Waals surface area contributed by atoms with Crippen molar-refractivity contribution in [3.63, 3.8) is 0 Å². The predicted octanol–water partition coefficient (Wildman–Crippen LogP) is 0.709. The van der Waals surface area contributed by atoms with Gasteiger partial charge in [-0.1, -0.05) is 12.1 Å². The molecule has 0 atom stereocenters. The van der Waals surface area contributed by atoms with Crippen molar-refractivity contribution in [2.75, 3.05) is 18.0 Å². The average Bonchev–Trinajstić information content (AvgIpc) is 2.46. The fourth-order valence-electron chi connectivity index (χ4n) is 3.09. The fourth-order valence-corrected chi connectivity index (χ4v) is 3.09. The number of hydrogen-bond acceptors (Lipinski definition) is 5. The largest absolute Gasteiger partial charge is 0.479 e. The Labute approximate surface area is 125 Å². The van der Waals surface area contributed by atoms with Crippen molar-refractivity contribution in [1.29, 1.82) is 0 Å². The third-order valence-corrected chi connectivity index (χ3v) is 4.28. The number of carbonyl (C=O) groups is 1. The number of nitrogens with zero attached hydrogens (tertiary/aromatic N) is 3. The van der Waals surface area contributed by atoms with Gasteiger partial charge in [0.15, 0.2) is 0 Å². The summed E-state index contributed by atoms with van der Waals surface area (Å²) in [5.41, 5.74) is 0.659. The van der Waals surface area contributed by atoms with Gasteiger partial charge in [0.2, 0.25) is 5.91 Å². The lowest BCUT2D eigenvalue weighted by Crippen LogP contribution is -2.68. The third-order valence-electron chi connectivity index (χ3n) is 4.28. The first-order chi connectivity index (χ1) is 10.6. The number of rotatable bonds is 1. The highest BCUT2D eigenvalue weighted by Gasteiger charge is 2.53. The van der Waals surface area contributed by atoms with Gasteiger partial charge in [-0.25, -0.2) is 9.37 Å². The lowest BCUT2D eigenvalue weighted by atomic mass is 9.73. The highest BCUT2D eigenvalue weighted by atomic mass is 19.1. The van der Waals surface area contributed by atoms with E-state index in [0.29, 0.717) is 18.8 Å². The molecule has 0 radical (unpaired) electrons. The van der Waals surface area contributed by atoms with Crippen LogP contribution < -0.4 is 10.2 Å². The summed E-state index contributed by atoms with van der Waals surface area (Å²) in [5.74, 6) is -0.650. The summed E-state index contributed by atoms with van der Waals surface area (Å²) in [7, 11) is 0. The number of halogens is 1. The summed E-state index contributed by atoms with van der Waals surface area (Å²) in [6, 6.07) is 5.84. The van der Waals surface area contributed by atoms with Crippen LogP contribution in [0.4, 0.5) is 10.1 Å². The molecule has 0 bridgehead atoms. The molecule has 3 heterocycles. The fraction of sp³-hybridized carbons (Fsp3) is 0.267. The Balaban J connectivity index is 1.87. The van der Waals surface area contributed by atoms with Gasteiger partial charge in [-0.05, 0) is 12.1 Å². The second-order valence-electron chi connectivity index (χ2n) is 5.57. The average molecular weight is 300 g/mol. The van der Waals surface area contributed by atoms with Gasteiger partial charge in [0.05, 0.1) is 17.9 Å². The summed E-state index contributed by atoms with van der Waals surface area (Å²) in [4.78, 5) is 22.2. The predicted molar refractivity (Wildman–Crippen MR) is 75.8 cm³/mol. The van der Waals surface area contributed by atoms with Crippen LogP contribution in [0.5, 0.6) is 6.01 Å². The maximum absolute atomic E-state index is 14.1. The Kier molecular flexibility index (Phi) is 2.67. The van der Waals surface area contributed by atoms with Crippen molar-refractivity contribution < 1.29 is 14.3 Å². The lowest BCUT2D eigenvalue weighted by Gasteiger charge is -2.47. The number of aromatic hydroxyl groups is 1. The molecule has 112 valence electrons. The lowest BCUT2D eigenvalue weighted by molar-refractivity contribution is -0.127. The van der Waals surface area contributed by atoms with Gasteiger partial charge in [-0.3, -0.25) is 4.79 Å². The molecule has 2 N–H and O–H groups in total. The first kappa shape index (κ1) is 13.1. The van der Waals surface area contributed by atoms with Crippen LogP contribution in [0.3, 0.4) is 0 Å². The van der Waals surface area contributed by atoms with Crippen molar-refractivity contribution in [3.8, 4) is 6.01 Å². The summed E-state index contributed by atoms with van der Waals surface area (Å²) in [5, 5.41) is 12.6. The number of benzene rings is 1. The second kappa shape index (κ2) is 4.48. The molecule has 2 aromatic rings. The van der Waals surface area contributed by atoms with E-state index < -0.39 is 11.2 Å². The van der Waals surface area contributed by atoms with Gasteiger partial charge in [-0.15, -0.1) is 0 Å². The van der Waals surface area contributed by atoms with Gasteiger partial charge in [-0.2, -0.15) is 4.98 Å². The molecule has 1 spiro atoms. The van der Waals surface area contributed by atoms with E-state index in [1.165, 1.54) is 17.2 Å². The van der Waals surface area contributed by atoms with Crippen LogP contribution in [0.15, 0.2) is 30.5 Å². The van der Waals surface area contributed by atoms with Crippen LogP contribution in [-0.4, -0.2) is 34.1 Å². The molecule has 1 aromatic carbocycles. The zero-order chi connectivity index (χ0) is 15.3. The molecule has 0 aliphatic carbocycles. The number of nitrogens with one attached hydrogen (secondary N) is 1. The van der Waals surface area contributed by atoms with E-state index in [-0.39, 0.29) is 24.1 Å². The number of carbonyl (C=O) groups excluding carboxylic acids is 1. The Hall–Kier alpha value is -2.54. The summed E-state index contributed by atoms with van der Waals surface area (Å²) >= 11 is 0. The van der Waals surface area contributed by atoms with Crippen molar-refractivity contribution in [2.45, 2.75) is 12.0 Å². The van der Waals surface area contributed by atoms with E-state index in [4.69, 9.17) is 0 Å². The van der Waals surface area contributed by atoms with Crippen LogP contribution in [-0.2, 0) is 16.8 Å². The number of fused-ring (bicyclic) bond motifs is 2. The van der Waals surface area contributed by atoms with Crippen LogP contribution >= 0.6 is 0 Å². The molecule has 22 heavy (non-hydrogen) atoms. The minimum absolute atomic E-state index is 0.192. The number of hydrogen-bond donors (Lipinski definition) is 2. The maximum Gasteiger partial charge on any atom is 0.314 e. The number of anilines is 1. The minimum Gasteiger partial charge on any atom is -0.479 e. The van der Waals surface area contributed by atoms with Gasteiger partial charge < -0.3 is 15.3 Å². The SMILES string of the molecule is O=C1N(c2ccccc2F)Cc2cnc(O)nc2C12CNC2. The van der Waals surface area contributed by atoms with Crippen LogP contribution in [0.25, 0.3) is 0 Å². The van der Waals surface area contributed by atoms with Crippen LogP contribution in [0.2, 0.25) is 0 Å². The van der Waals surface area contributed by atoms with Crippen molar-refractivity contribution in [1.82, 2.24) is 15.3 Å². The minimum atomic E-state index is -0.851. The molecule has 4 rings (SSSR count). The van der Waals surface area contributed by atoms with Gasteiger partial charge in [0.1, 0.15) is 11.2 Å². The highest BCUT2D eigenvalue weighted by molar-refractivity contribution is 6.03. The van der Waals surface area contributed by atoms with E-state index in [2.05, 4.69) is 15.3 Å². The standard InChI is InChI=1S/C15H13FN4O2/c16-10-3-1-2-4-11(10)20-6-9-5-18-14(22)19-12(9)15(13(20)21)7-17-8-15/h1-5,17H,6-8H2,(H,18,19,22). The van der Waals surface area contributed by atoms with E-state index in [1.807, 2.05) is 0 Å². The van der Waals surface area contributed by atoms with E-state index >= 15 is 0 Å². The van der Waals surface area contributed by atoms with Gasteiger partial charge in [0.25, 0.3) is 0 Å². The number of aromatic nitrogens is 2.